The molecule has 0 atom stereocenters. The van der Waals surface area contributed by atoms with E-state index in [1.165, 1.54) is 0 Å². The van der Waals surface area contributed by atoms with E-state index in [-0.39, 0.29) is 16.8 Å². The molecule has 0 aromatic heterocycles. The van der Waals surface area contributed by atoms with Crippen LogP contribution < -0.4 is 11.1 Å². The van der Waals surface area contributed by atoms with E-state index in [1.807, 2.05) is 24.3 Å². The summed E-state index contributed by atoms with van der Waals surface area (Å²) in [5, 5.41) is 3.10. The van der Waals surface area contributed by atoms with Crippen LogP contribution in [0.2, 0.25) is 0 Å². The van der Waals surface area contributed by atoms with Gasteiger partial charge in [-0.25, -0.2) is 0 Å². The van der Waals surface area contributed by atoms with Gasteiger partial charge in [0.05, 0.1) is 6.42 Å². The minimum absolute atomic E-state index is 0.234. The highest BCUT2D eigenvalue weighted by molar-refractivity contribution is 6.55. The molecule has 0 aliphatic carbocycles. The molecule has 0 radical (unpaired) electrons. The molecule has 0 unspecified atom stereocenters. The molecule has 0 saturated carbocycles. The SMILES string of the molecule is NC(=O)Cc1ccc(NCC=C(Cl)Cl)cc1. The highest BCUT2D eigenvalue weighted by Gasteiger charge is 1.97. The van der Waals surface area contributed by atoms with Crippen LogP contribution in [0.5, 0.6) is 0 Å². The summed E-state index contributed by atoms with van der Waals surface area (Å²) in [7, 11) is 0. The molecule has 0 aliphatic heterocycles. The lowest BCUT2D eigenvalue weighted by Gasteiger charge is -2.04. The molecule has 1 amide bonds. The Morgan fingerprint density at radius 2 is 1.94 bits per heavy atom. The zero-order chi connectivity index (χ0) is 12.0. The lowest BCUT2D eigenvalue weighted by molar-refractivity contribution is -0.117. The van der Waals surface area contributed by atoms with E-state index in [4.69, 9.17) is 28.9 Å². The molecule has 1 rings (SSSR count). The Bertz CT molecular complexity index is 383. The molecule has 5 heteroatoms. The largest absolute Gasteiger partial charge is 0.381 e. The minimum Gasteiger partial charge on any atom is -0.381 e. The minimum atomic E-state index is -0.336. The summed E-state index contributed by atoms with van der Waals surface area (Å²) < 4.78 is 0.234. The van der Waals surface area contributed by atoms with Crippen LogP contribution in [0.15, 0.2) is 34.8 Å². The van der Waals surface area contributed by atoms with Crippen molar-refractivity contribution in [2.24, 2.45) is 5.73 Å². The first-order valence-corrected chi connectivity index (χ1v) is 5.46. The molecule has 0 bridgehead atoms. The van der Waals surface area contributed by atoms with Crippen molar-refractivity contribution in [1.29, 1.82) is 0 Å². The predicted octanol–water partition coefficient (Wildman–Crippen LogP) is 2.45. The Balaban J connectivity index is 2.51. The molecule has 16 heavy (non-hydrogen) atoms. The monoisotopic (exact) mass is 258 g/mol. The van der Waals surface area contributed by atoms with E-state index < -0.39 is 0 Å². The molecule has 0 aliphatic rings. The summed E-state index contributed by atoms with van der Waals surface area (Å²) in [5.74, 6) is -0.336. The Morgan fingerprint density at radius 3 is 2.44 bits per heavy atom. The normalized spacial score (nSPS) is 9.62. The second-order valence-electron chi connectivity index (χ2n) is 3.21. The summed E-state index contributed by atoms with van der Waals surface area (Å²) in [4.78, 5) is 10.7. The number of nitrogens with one attached hydrogen (secondary N) is 1. The van der Waals surface area contributed by atoms with Gasteiger partial charge in [0.2, 0.25) is 5.91 Å². The van der Waals surface area contributed by atoms with E-state index in [0.717, 1.165) is 11.3 Å². The van der Waals surface area contributed by atoms with Crippen LogP contribution >= 0.6 is 23.2 Å². The number of anilines is 1. The van der Waals surface area contributed by atoms with E-state index in [9.17, 15) is 4.79 Å². The van der Waals surface area contributed by atoms with Gasteiger partial charge in [0.25, 0.3) is 0 Å². The number of carbonyl (C=O) groups is 1. The molecule has 86 valence electrons. The van der Waals surface area contributed by atoms with Crippen molar-refractivity contribution in [3.05, 3.63) is 40.4 Å². The second kappa shape index (κ2) is 6.40. The van der Waals surface area contributed by atoms with Gasteiger partial charge in [0.1, 0.15) is 4.49 Å². The van der Waals surface area contributed by atoms with Crippen LogP contribution in [0.3, 0.4) is 0 Å². The highest BCUT2D eigenvalue weighted by atomic mass is 35.5. The zero-order valence-corrected chi connectivity index (χ0v) is 10.1. The van der Waals surface area contributed by atoms with Crippen LogP contribution in [0, 0.1) is 0 Å². The topological polar surface area (TPSA) is 55.1 Å². The molecule has 1 aromatic rings. The van der Waals surface area contributed by atoms with Crippen molar-refractivity contribution < 1.29 is 4.79 Å². The second-order valence-corrected chi connectivity index (χ2v) is 4.22. The summed E-state index contributed by atoms with van der Waals surface area (Å²) in [6, 6.07) is 7.43. The van der Waals surface area contributed by atoms with Gasteiger partial charge in [0.15, 0.2) is 0 Å². The average molecular weight is 259 g/mol. The molecule has 0 fully saturated rings. The number of amides is 1. The van der Waals surface area contributed by atoms with Gasteiger partial charge in [-0.05, 0) is 23.8 Å². The quantitative estimate of drug-likeness (QED) is 0.853. The van der Waals surface area contributed by atoms with Crippen LogP contribution in [0.4, 0.5) is 5.69 Å². The maximum absolute atomic E-state index is 10.7. The molecule has 0 saturated heterocycles. The molecule has 0 spiro atoms. The van der Waals surface area contributed by atoms with Crippen LogP contribution in [0.1, 0.15) is 5.56 Å². The fourth-order valence-electron chi connectivity index (χ4n) is 1.19. The smallest absolute Gasteiger partial charge is 0.221 e. The average Bonchev–Trinajstić information content (AvgIpc) is 2.19. The summed E-state index contributed by atoms with van der Waals surface area (Å²) in [6.07, 6.45) is 1.91. The number of benzene rings is 1. The first-order valence-electron chi connectivity index (χ1n) is 4.70. The summed E-state index contributed by atoms with van der Waals surface area (Å²) in [6.45, 7) is 0.553. The standard InChI is InChI=1S/C11H12Cl2N2O/c12-10(13)5-6-15-9-3-1-8(2-4-9)7-11(14)16/h1-5,15H,6-7H2,(H2,14,16). The van der Waals surface area contributed by atoms with Gasteiger partial charge in [-0.15, -0.1) is 0 Å². The zero-order valence-electron chi connectivity index (χ0n) is 8.54. The fraction of sp³-hybridized carbons (Fsp3) is 0.182. The maximum atomic E-state index is 10.7. The van der Waals surface area contributed by atoms with E-state index >= 15 is 0 Å². The Morgan fingerprint density at radius 1 is 1.31 bits per heavy atom. The summed E-state index contributed by atoms with van der Waals surface area (Å²) in [5.41, 5.74) is 6.91. The number of rotatable bonds is 5. The lowest BCUT2D eigenvalue weighted by atomic mass is 10.1. The molecular formula is C11H12Cl2N2O. The molecule has 0 heterocycles. The number of hydrogen-bond donors (Lipinski definition) is 2. The van der Waals surface area contributed by atoms with Crippen LogP contribution in [-0.4, -0.2) is 12.5 Å². The molecule has 3 nitrogen and oxygen atoms in total. The van der Waals surface area contributed by atoms with Gasteiger partial charge >= 0.3 is 0 Å². The van der Waals surface area contributed by atoms with Gasteiger partial charge in [-0.1, -0.05) is 35.3 Å². The van der Waals surface area contributed by atoms with Crippen molar-refractivity contribution in [3.8, 4) is 0 Å². The van der Waals surface area contributed by atoms with Crippen LogP contribution in [-0.2, 0) is 11.2 Å². The first-order chi connectivity index (χ1) is 7.58. The predicted molar refractivity (Wildman–Crippen MR) is 67.6 cm³/mol. The highest BCUT2D eigenvalue weighted by Crippen LogP contribution is 2.11. The van der Waals surface area contributed by atoms with Gasteiger partial charge in [0, 0.05) is 12.2 Å². The Labute approximate surface area is 104 Å². The summed E-state index contributed by atoms with van der Waals surface area (Å²) >= 11 is 10.9. The van der Waals surface area contributed by atoms with Crippen molar-refractivity contribution >= 4 is 34.8 Å². The van der Waals surface area contributed by atoms with Crippen molar-refractivity contribution in [2.75, 3.05) is 11.9 Å². The first kappa shape index (κ1) is 12.9. The fourth-order valence-corrected chi connectivity index (χ4v) is 1.34. The van der Waals surface area contributed by atoms with Gasteiger partial charge in [-0.3, -0.25) is 4.79 Å². The van der Waals surface area contributed by atoms with Crippen molar-refractivity contribution in [2.45, 2.75) is 6.42 Å². The van der Waals surface area contributed by atoms with E-state index in [1.54, 1.807) is 6.08 Å². The van der Waals surface area contributed by atoms with Gasteiger partial charge < -0.3 is 11.1 Å². The number of hydrogen-bond acceptors (Lipinski definition) is 2. The molecule has 3 N–H and O–H groups in total. The number of halogens is 2. The van der Waals surface area contributed by atoms with Crippen molar-refractivity contribution in [3.63, 3.8) is 0 Å². The molecular weight excluding hydrogens is 247 g/mol. The number of carbonyl (C=O) groups excluding carboxylic acids is 1. The third kappa shape index (κ3) is 5.05. The Kier molecular flexibility index (Phi) is 5.15. The van der Waals surface area contributed by atoms with Crippen LogP contribution in [0.25, 0.3) is 0 Å². The maximum Gasteiger partial charge on any atom is 0.221 e. The lowest BCUT2D eigenvalue weighted by Crippen LogP contribution is -2.13. The number of nitrogens with two attached hydrogens (primary N) is 1. The number of primary amides is 1. The van der Waals surface area contributed by atoms with E-state index in [2.05, 4.69) is 5.32 Å². The van der Waals surface area contributed by atoms with E-state index in [0.29, 0.717) is 6.54 Å². The third-order valence-electron chi connectivity index (χ3n) is 1.89. The Hall–Kier alpha value is -1.19. The van der Waals surface area contributed by atoms with Crippen molar-refractivity contribution in [1.82, 2.24) is 0 Å². The molecule has 1 aromatic carbocycles. The van der Waals surface area contributed by atoms with Gasteiger partial charge in [-0.2, -0.15) is 0 Å². The third-order valence-corrected chi connectivity index (χ3v) is 2.20.